The maximum Gasteiger partial charge on any atom is 0.0586 e. The maximum atomic E-state index is 10.1. The second-order valence-electron chi connectivity index (χ2n) is 14.0. The van der Waals surface area contributed by atoms with E-state index in [-0.39, 0.29) is 11.5 Å². The van der Waals surface area contributed by atoms with Crippen LogP contribution in [0.1, 0.15) is 114 Å². The van der Waals surface area contributed by atoms with E-state index in [4.69, 9.17) is 0 Å². The Bertz CT molecular complexity index is 1190. The van der Waals surface area contributed by atoms with Crippen LogP contribution < -0.4 is 0 Å². The van der Waals surface area contributed by atoms with Crippen molar-refractivity contribution in [1.29, 1.82) is 0 Å². The first-order valence-corrected chi connectivity index (χ1v) is 15.8. The third-order valence-electron chi connectivity index (χ3n) is 8.72. The molecule has 0 saturated carbocycles. The van der Waals surface area contributed by atoms with Gasteiger partial charge in [0.1, 0.15) is 0 Å². The second-order valence-corrected chi connectivity index (χ2v) is 14.0. The molecule has 0 radical (unpaired) electrons. The largest absolute Gasteiger partial charge is 0.393 e. The summed E-state index contributed by atoms with van der Waals surface area (Å²) in [6.45, 7) is 22.4. The molecule has 1 heteroatoms. The predicted molar refractivity (Wildman–Crippen MR) is 181 cm³/mol. The molecule has 2 aliphatic carbocycles. The van der Waals surface area contributed by atoms with Crippen LogP contribution in [0.2, 0.25) is 0 Å². The van der Waals surface area contributed by atoms with Crippen LogP contribution in [0, 0.1) is 34.5 Å². The lowest BCUT2D eigenvalue weighted by molar-refractivity contribution is 0.117. The number of rotatable bonds is 10. The van der Waals surface area contributed by atoms with Crippen molar-refractivity contribution in [2.24, 2.45) is 22.7 Å². The highest BCUT2D eigenvalue weighted by Gasteiger charge is 2.32. The molecule has 2 rings (SSSR count). The zero-order valence-electron chi connectivity index (χ0n) is 27.9. The third kappa shape index (κ3) is 12.1. The lowest BCUT2D eigenvalue weighted by Crippen LogP contribution is -2.28. The van der Waals surface area contributed by atoms with Crippen LogP contribution in [0.25, 0.3) is 0 Å². The SMILES string of the molecule is CC1=CCCC(C)(C)[C@@H]1/C=C/C(C)C/C=C/C(C)=C/C=C/C=C(\C)CC/C=C(\C)C#CC1=C(C)C[C@@H](O)CC1(C)C. The molecule has 1 unspecified atom stereocenters. The minimum atomic E-state index is -0.241. The molecule has 0 aromatic rings. The average molecular weight is 555 g/mol. The van der Waals surface area contributed by atoms with Crippen molar-refractivity contribution < 1.29 is 5.11 Å². The normalized spacial score (nSPS) is 24.7. The van der Waals surface area contributed by atoms with Gasteiger partial charge in [-0.1, -0.05) is 130 Å². The van der Waals surface area contributed by atoms with Gasteiger partial charge in [0.15, 0.2) is 0 Å². The zero-order valence-corrected chi connectivity index (χ0v) is 27.9. The van der Waals surface area contributed by atoms with Crippen molar-refractivity contribution in [1.82, 2.24) is 0 Å². The molecular weight excluding hydrogens is 496 g/mol. The van der Waals surface area contributed by atoms with Gasteiger partial charge in [-0.2, -0.15) is 0 Å². The minimum absolute atomic E-state index is 0.0534. The molecule has 0 spiro atoms. The first-order chi connectivity index (χ1) is 19.2. The quantitative estimate of drug-likeness (QED) is 0.162. The van der Waals surface area contributed by atoms with Gasteiger partial charge in [-0.3, -0.25) is 0 Å². The zero-order chi connectivity index (χ0) is 30.6. The summed E-state index contributed by atoms with van der Waals surface area (Å²) in [5.74, 6) is 7.90. The standard InChI is InChI=1S/C40H58O/c1-30(18-13-20-32(3)23-25-37-34(5)22-15-27-39(37,7)8)16-11-12-17-31(2)19-14-21-33(4)24-26-38-35(6)28-36(41)29-40(38,9)10/h11-13,16-18,21-23,25,32,36-37,41H,14-15,19-20,27-29H2,1-10H3/b12-11+,18-13+,25-23+,30-16+,31-17+,33-21+/t32?,36-,37-/m1/s1. The van der Waals surface area contributed by atoms with Gasteiger partial charge in [0.05, 0.1) is 6.10 Å². The van der Waals surface area contributed by atoms with E-state index in [9.17, 15) is 5.11 Å². The molecule has 0 fully saturated rings. The fraction of sp³-hybridized carbons (Fsp3) is 0.550. The molecule has 0 aliphatic heterocycles. The Morgan fingerprint density at radius 2 is 1.80 bits per heavy atom. The summed E-state index contributed by atoms with van der Waals surface area (Å²) in [6, 6.07) is 0. The van der Waals surface area contributed by atoms with Gasteiger partial charge in [-0.15, -0.1) is 0 Å². The lowest BCUT2D eigenvalue weighted by atomic mass is 9.68. The Kier molecular flexibility index (Phi) is 13.7. The fourth-order valence-electron chi connectivity index (χ4n) is 6.20. The van der Waals surface area contributed by atoms with E-state index < -0.39 is 0 Å². The number of hydrogen-bond donors (Lipinski definition) is 1. The van der Waals surface area contributed by atoms with Gasteiger partial charge in [0, 0.05) is 16.9 Å². The first kappa shape index (κ1) is 34.6. The summed E-state index contributed by atoms with van der Waals surface area (Å²) in [4.78, 5) is 0. The first-order valence-electron chi connectivity index (χ1n) is 15.8. The molecule has 0 aromatic heterocycles. The number of hydrogen-bond acceptors (Lipinski definition) is 1. The van der Waals surface area contributed by atoms with Gasteiger partial charge in [0.2, 0.25) is 0 Å². The van der Waals surface area contributed by atoms with Crippen molar-refractivity contribution in [3.63, 3.8) is 0 Å². The van der Waals surface area contributed by atoms with Crippen LogP contribution in [-0.2, 0) is 0 Å². The molecule has 0 bridgehead atoms. The minimum Gasteiger partial charge on any atom is -0.393 e. The summed E-state index contributed by atoms with van der Waals surface area (Å²) in [6.07, 6.45) is 29.6. The summed E-state index contributed by atoms with van der Waals surface area (Å²) in [5.41, 5.74) is 8.03. The van der Waals surface area contributed by atoms with E-state index in [0.717, 1.165) is 37.7 Å². The summed E-state index contributed by atoms with van der Waals surface area (Å²) >= 11 is 0. The number of allylic oxidation sites excluding steroid dienone is 15. The maximum absolute atomic E-state index is 10.1. The van der Waals surface area contributed by atoms with Gasteiger partial charge < -0.3 is 5.11 Å². The van der Waals surface area contributed by atoms with Gasteiger partial charge in [-0.05, 0) is 96.5 Å². The molecule has 0 aromatic carbocycles. The smallest absolute Gasteiger partial charge is 0.0586 e. The highest BCUT2D eigenvalue weighted by atomic mass is 16.3. The predicted octanol–water partition coefficient (Wildman–Crippen LogP) is 11.2. The molecular formula is C40H58O. The molecule has 41 heavy (non-hydrogen) atoms. The van der Waals surface area contributed by atoms with Crippen LogP contribution in [-0.4, -0.2) is 11.2 Å². The van der Waals surface area contributed by atoms with Crippen molar-refractivity contribution in [3.8, 4) is 11.8 Å². The van der Waals surface area contributed by atoms with Crippen LogP contribution in [0.5, 0.6) is 0 Å². The fourth-order valence-corrected chi connectivity index (χ4v) is 6.20. The molecule has 1 nitrogen and oxygen atoms in total. The van der Waals surface area contributed by atoms with Crippen LogP contribution in [0.3, 0.4) is 0 Å². The molecule has 0 amide bonds. The van der Waals surface area contributed by atoms with E-state index in [1.807, 2.05) is 0 Å². The summed E-state index contributed by atoms with van der Waals surface area (Å²) in [5, 5.41) is 10.1. The van der Waals surface area contributed by atoms with Crippen molar-refractivity contribution in [2.45, 2.75) is 120 Å². The highest BCUT2D eigenvalue weighted by Crippen LogP contribution is 2.42. The Balaban J connectivity index is 1.79. The van der Waals surface area contributed by atoms with E-state index in [1.165, 1.54) is 40.7 Å². The van der Waals surface area contributed by atoms with E-state index in [1.54, 1.807) is 0 Å². The van der Waals surface area contributed by atoms with E-state index >= 15 is 0 Å². The molecule has 0 heterocycles. The molecule has 2 aliphatic rings. The Morgan fingerprint density at radius 1 is 1.10 bits per heavy atom. The topological polar surface area (TPSA) is 20.2 Å². The number of aliphatic hydroxyl groups excluding tert-OH is 1. The van der Waals surface area contributed by atoms with Gasteiger partial charge in [0.25, 0.3) is 0 Å². The lowest BCUT2D eigenvalue weighted by Gasteiger charge is -2.36. The van der Waals surface area contributed by atoms with Gasteiger partial charge >= 0.3 is 0 Å². The Labute approximate surface area is 253 Å². The highest BCUT2D eigenvalue weighted by molar-refractivity contribution is 5.44. The van der Waals surface area contributed by atoms with Crippen LogP contribution in [0.15, 0.2) is 94.2 Å². The number of aliphatic hydroxyl groups is 1. The van der Waals surface area contributed by atoms with E-state index in [0.29, 0.717) is 17.3 Å². The molecule has 1 N–H and O–H groups in total. The van der Waals surface area contributed by atoms with Crippen molar-refractivity contribution in [2.75, 3.05) is 0 Å². The van der Waals surface area contributed by atoms with Gasteiger partial charge in [-0.25, -0.2) is 0 Å². The van der Waals surface area contributed by atoms with Crippen molar-refractivity contribution >= 4 is 0 Å². The Hall–Kier alpha value is -2.56. The molecule has 0 saturated heterocycles. The van der Waals surface area contributed by atoms with Crippen LogP contribution in [0.4, 0.5) is 0 Å². The van der Waals surface area contributed by atoms with E-state index in [2.05, 4.69) is 142 Å². The summed E-state index contributed by atoms with van der Waals surface area (Å²) in [7, 11) is 0. The summed E-state index contributed by atoms with van der Waals surface area (Å²) < 4.78 is 0. The molecule has 224 valence electrons. The monoisotopic (exact) mass is 554 g/mol. The average Bonchev–Trinajstić information content (AvgIpc) is 2.84. The molecule has 3 atom stereocenters. The van der Waals surface area contributed by atoms with Crippen LogP contribution >= 0.6 is 0 Å². The van der Waals surface area contributed by atoms with Crippen molar-refractivity contribution in [3.05, 3.63) is 94.2 Å². The second kappa shape index (κ2) is 16.2. The third-order valence-corrected chi connectivity index (χ3v) is 8.72. The Morgan fingerprint density at radius 3 is 2.49 bits per heavy atom.